The highest BCUT2D eigenvalue weighted by Crippen LogP contribution is 2.27. The minimum absolute atomic E-state index is 0. The lowest BCUT2D eigenvalue weighted by molar-refractivity contribution is -0.173. The van der Waals surface area contributed by atoms with E-state index < -0.39 is 12.8 Å². The second kappa shape index (κ2) is 10.7. The van der Waals surface area contributed by atoms with Gasteiger partial charge in [0.25, 0.3) is 0 Å². The van der Waals surface area contributed by atoms with E-state index in [1.54, 1.807) is 7.05 Å². The first-order valence-electron chi connectivity index (χ1n) is 7.81. The van der Waals surface area contributed by atoms with Crippen LogP contribution in [-0.2, 0) is 11.2 Å². The zero-order chi connectivity index (χ0) is 17.4. The number of benzene rings is 1. The molecule has 1 unspecified atom stereocenters. The Morgan fingerprint density at radius 2 is 2.08 bits per heavy atom. The average molecular weight is 473 g/mol. The van der Waals surface area contributed by atoms with Crippen molar-refractivity contribution in [1.82, 2.24) is 10.6 Å². The Balaban J connectivity index is 0.00000312. The van der Waals surface area contributed by atoms with E-state index in [9.17, 15) is 13.2 Å². The predicted molar refractivity (Wildman–Crippen MR) is 101 cm³/mol. The highest BCUT2D eigenvalue weighted by Gasteiger charge is 2.27. The molecule has 0 saturated carbocycles. The summed E-state index contributed by atoms with van der Waals surface area (Å²) in [4.78, 5) is 4.07. The fourth-order valence-electron chi connectivity index (χ4n) is 2.37. The van der Waals surface area contributed by atoms with Gasteiger partial charge in [-0.15, -0.1) is 24.0 Å². The fraction of sp³-hybridized carbons (Fsp3) is 0.562. The molecular formula is C16H23F3IN3O2. The van der Waals surface area contributed by atoms with Crippen LogP contribution in [0.5, 0.6) is 5.75 Å². The van der Waals surface area contributed by atoms with Gasteiger partial charge in [-0.05, 0) is 18.1 Å². The third-order valence-electron chi connectivity index (χ3n) is 3.46. The van der Waals surface area contributed by atoms with E-state index in [0.29, 0.717) is 25.5 Å². The molecule has 0 radical (unpaired) electrons. The summed E-state index contributed by atoms with van der Waals surface area (Å²) in [6.45, 7) is -0.0910. The Kier molecular flexibility index (Phi) is 9.33. The second-order valence-electron chi connectivity index (χ2n) is 5.45. The highest BCUT2D eigenvalue weighted by atomic mass is 127. The van der Waals surface area contributed by atoms with Gasteiger partial charge in [-0.1, -0.05) is 18.2 Å². The number of aliphatic imine (C=N–C) groups is 1. The Labute approximate surface area is 162 Å². The van der Waals surface area contributed by atoms with Crippen LogP contribution in [0.15, 0.2) is 29.3 Å². The summed E-state index contributed by atoms with van der Waals surface area (Å²) in [5.41, 5.74) is 1.19. The summed E-state index contributed by atoms with van der Waals surface area (Å²) in [7, 11) is 1.64. The van der Waals surface area contributed by atoms with Crippen LogP contribution in [-0.4, -0.2) is 51.6 Å². The van der Waals surface area contributed by atoms with Crippen molar-refractivity contribution < 1.29 is 22.6 Å². The quantitative estimate of drug-likeness (QED) is 0.277. The average Bonchev–Trinajstić information content (AvgIpc) is 2.95. The minimum atomic E-state index is -4.27. The van der Waals surface area contributed by atoms with Gasteiger partial charge in [-0.2, -0.15) is 13.2 Å². The highest BCUT2D eigenvalue weighted by molar-refractivity contribution is 14.0. The van der Waals surface area contributed by atoms with Crippen molar-refractivity contribution in [3.05, 3.63) is 29.8 Å². The standard InChI is InChI=1S/C16H22F3N3O2.HI/c1-20-15(21-7-4-8-23-11-16(17,18)19)22-10-13-9-12-5-2-3-6-14(12)24-13;/h2-3,5-6,13H,4,7-11H2,1H3,(H2,20,21,22);1H. The van der Waals surface area contributed by atoms with Crippen molar-refractivity contribution in [2.75, 3.05) is 33.4 Å². The molecule has 25 heavy (non-hydrogen) atoms. The summed E-state index contributed by atoms with van der Waals surface area (Å²) in [6.07, 6.45) is -2.94. The van der Waals surface area contributed by atoms with Gasteiger partial charge in [-0.3, -0.25) is 4.99 Å². The molecule has 0 aliphatic carbocycles. The summed E-state index contributed by atoms with van der Waals surface area (Å²) in [6, 6.07) is 7.92. The van der Waals surface area contributed by atoms with E-state index in [-0.39, 0.29) is 36.7 Å². The second-order valence-corrected chi connectivity index (χ2v) is 5.45. The third-order valence-corrected chi connectivity index (χ3v) is 3.46. The molecule has 1 aromatic rings. The molecule has 2 rings (SSSR count). The molecule has 1 atom stereocenters. The summed E-state index contributed by atoms with van der Waals surface area (Å²) in [5.74, 6) is 1.50. The number of nitrogens with one attached hydrogen (secondary N) is 2. The molecule has 0 bridgehead atoms. The van der Waals surface area contributed by atoms with Crippen molar-refractivity contribution in [3.8, 4) is 5.75 Å². The van der Waals surface area contributed by atoms with Gasteiger partial charge < -0.3 is 20.1 Å². The lowest BCUT2D eigenvalue weighted by Crippen LogP contribution is -2.42. The lowest BCUT2D eigenvalue weighted by atomic mass is 10.1. The number of para-hydroxylation sites is 1. The van der Waals surface area contributed by atoms with Crippen molar-refractivity contribution in [2.24, 2.45) is 4.99 Å². The first-order valence-corrected chi connectivity index (χ1v) is 7.81. The number of halogens is 4. The molecule has 1 heterocycles. The number of alkyl halides is 3. The van der Waals surface area contributed by atoms with E-state index in [1.807, 2.05) is 24.3 Å². The van der Waals surface area contributed by atoms with Crippen LogP contribution in [0.2, 0.25) is 0 Å². The topological polar surface area (TPSA) is 54.9 Å². The monoisotopic (exact) mass is 473 g/mol. The number of rotatable bonds is 7. The van der Waals surface area contributed by atoms with Crippen LogP contribution in [0.25, 0.3) is 0 Å². The third kappa shape index (κ3) is 8.13. The van der Waals surface area contributed by atoms with E-state index in [0.717, 1.165) is 12.2 Å². The molecule has 142 valence electrons. The largest absolute Gasteiger partial charge is 0.488 e. The molecule has 9 heteroatoms. The summed E-state index contributed by atoms with van der Waals surface area (Å²) < 4.78 is 46.1. The number of nitrogens with zero attached hydrogens (tertiary/aromatic N) is 1. The van der Waals surface area contributed by atoms with Gasteiger partial charge in [-0.25, -0.2) is 0 Å². The van der Waals surface area contributed by atoms with E-state index in [4.69, 9.17) is 4.74 Å². The molecule has 5 nitrogen and oxygen atoms in total. The van der Waals surface area contributed by atoms with Crippen molar-refractivity contribution >= 4 is 29.9 Å². The number of hydrogen-bond acceptors (Lipinski definition) is 3. The number of fused-ring (bicyclic) bond motifs is 1. The molecule has 0 aromatic heterocycles. The molecule has 0 saturated heterocycles. The minimum Gasteiger partial charge on any atom is -0.488 e. The first kappa shape index (κ1) is 21.8. The Bertz CT molecular complexity index is 531. The van der Waals surface area contributed by atoms with Crippen LogP contribution >= 0.6 is 24.0 Å². The molecule has 1 aliphatic rings. The normalized spacial score (nSPS) is 16.6. The predicted octanol–water partition coefficient (Wildman–Crippen LogP) is 2.74. The molecule has 0 spiro atoms. The van der Waals surface area contributed by atoms with E-state index in [2.05, 4.69) is 20.4 Å². The number of guanidine groups is 1. The van der Waals surface area contributed by atoms with Gasteiger partial charge in [0.2, 0.25) is 0 Å². The SMILES string of the molecule is CN=C(NCCCOCC(F)(F)F)NCC1Cc2ccccc2O1.I. The smallest absolute Gasteiger partial charge is 0.411 e. The van der Waals surface area contributed by atoms with Crippen LogP contribution < -0.4 is 15.4 Å². The van der Waals surface area contributed by atoms with Gasteiger partial charge in [0.1, 0.15) is 18.5 Å². The first-order chi connectivity index (χ1) is 11.5. The maximum Gasteiger partial charge on any atom is 0.411 e. The number of hydrogen-bond donors (Lipinski definition) is 2. The van der Waals surface area contributed by atoms with Crippen LogP contribution in [0.1, 0.15) is 12.0 Å². The molecule has 1 aromatic carbocycles. The number of ether oxygens (including phenoxy) is 2. The summed E-state index contributed by atoms with van der Waals surface area (Å²) in [5, 5.41) is 6.19. The zero-order valence-electron chi connectivity index (χ0n) is 13.9. The van der Waals surface area contributed by atoms with Crippen LogP contribution in [0.3, 0.4) is 0 Å². The summed E-state index contributed by atoms with van der Waals surface area (Å²) >= 11 is 0. The van der Waals surface area contributed by atoms with Gasteiger partial charge in [0.15, 0.2) is 5.96 Å². The fourth-order valence-corrected chi connectivity index (χ4v) is 2.37. The van der Waals surface area contributed by atoms with Crippen LogP contribution in [0, 0.1) is 0 Å². The zero-order valence-corrected chi connectivity index (χ0v) is 16.3. The Hall–Kier alpha value is -1.23. The van der Waals surface area contributed by atoms with Gasteiger partial charge in [0.05, 0.1) is 6.54 Å². The van der Waals surface area contributed by atoms with E-state index in [1.165, 1.54) is 5.56 Å². The maximum atomic E-state index is 11.9. The molecule has 2 N–H and O–H groups in total. The maximum absolute atomic E-state index is 11.9. The van der Waals surface area contributed by atoms with Gasteiger partial charge >= 0.3 is 6.18 Å². The van der Waals surface area contributed by atoms with Crippen molar-refractivity contribution in [3.63, 3.8) is 0 Å². The van der Waals surface area contributed by atoms with E-state index >= 15 is 0 Å². The Morgan fingerprint density at radius 3 is 2.76 bits per heavy atom. The van der Waals surface area contributed by atoms with Crippen LogP contribution in [0.4, 0.5) is 13.2 Å². The van der Waals surface area contributed by atoms with Crippen molar-refractivity contribution in [1.29, 1.82) is 0 Å². The molecule has 1 aliphatic heterocycles. The molecule has 0 fully saturated rings. The lowest BCUT2D eigenvalue weighted by Gasteiger charge is -2.15. The van der Waals surface area contributed by atoms with Crippen molar-refractivity contribution in [2.45, 2.75) is 25.1 Å². The van der Waals surface area contributed by atoms with Gasteiger partial charge in [0, 0.05) is 26.6 Å². The molecule has 0 amide bonds. The Morgan fingerprint density at radius 1 is 1.32 bits per heavy atom. The molecular weight excluding hydrogens is 450 g/mol.